The monoisotopic (exact) mass is 451 g/mol. The molecule has 164 valence electrons. The van der Waals surface area contributed by atoms with E-state index in [2.05, 4.69) is 4.98 Å². The van der Waals surface area contributed by atoms with E-state index >= 15 is 0 Å². The standard InChI is InChI=1S/C24H22ClN3O4/c25-19-11-16(12-21-24(19)32-15-31-21)5-6-22(29)27-7-9-28(10-8-27)23(30)13-17-14-26-20-4-2-1-3-18(17)20/h1-6,11-12,14,26H,7-10,13,15H2/b6-5+. The maximum Gasteiger partial charge on any atom is 0.246 e. The van der Waals surface area contributed by atoms with Gasteiger partial charge in [-0.1, -0.05) is 29.8 Å². The zero-order valence-corrected chi connectivity index (χ0v) is 18.1. The van der Waals surface area contributed by atoms with Crippen LogP contribution >= 0.6 is 11.6 Å². The molecule has 7 nitrogen and oxygen atoms in total. The molecule has 1 fully saturated rings. The molecule has 0 atom stereocenters. The summed E-state index contributed by atoms with van der Waals surface area (Å²) in [6, 6.07) is 11.5. The minimum absolute atomic E-state index is 0.0763. The predicted molar refractivity (Wildman–Crippen MR) is 122 cm³/mol. The van der Waals surface area contributed by atoms with Crippen LogP contribution in [-0.2, 0) is 16.0 Å². The van der Waals surface area contributed by atoms with Gasteiger partial charge in [-0.05, 0) is 35.4 Å². The summed E-state index contributed by atoms with van der Waals surface area (Å²) >= 11 is 6.19. The number of ether oxygens (including phenoxy) is 2. The van der Waals surface area contributed by atoms with E-state index in [1.165, 1.54) is 6.08 Å². The molecule has 0 spiro atoms. The number of hydrogen-bond acceptors (Lipinski definition) is 4. The number of aromatic nitrogens is 1. The van der Waals surface area contributed by atoms with Crippen LogP contribution < -0.4 is 9.47 Å². The van der Waals surface area contributed by atoms with E-state index in [1.807, 2.05) is 35.4 Å². The van der Waals surface area contributed by atoms with Gasteiger partial charge < -0.3 is 24.3 Å². The highest BCUT2D eigenvalue weighted by atomic mass is 35.5. The molecule has 2 amide bonds. The van der Waals surface area contributed by atoms with E-state index in [0.29, 0.717) is 49.1 Å². The van der Waals surface area contributed by atoms with E-state index in [4.69, 9.17) is 21.1 Å². The summed E-state index contributed by atoms with van der Waals surface area (Å²) in [7, 11) is 0. The number of aromatic amines is 1. The third-order valence-electron chi connectivity index (χ3n) is 5.83. The third kappa shape index (κ3) is 4.03. The van der Waals surface area contributed by atoms with Gasteiger partial charge in [-0.15, -0.1) is 0 Å². The number of piperazine rings is 1. The molecule has 5 rings (SSSR count). The number of amides is 2. The predicted octanol–water partition coefficient (Wildman–Crippen LogP) is 3.48. The third-order valence-corrected chi connectivity index (χ3v) is 6.11. The number of carbonyl (C=O) groups is 2. The van der Waals surface area contributed by atoms with Gasteiger partial charge in [0, 0.05) is 49.4 Å². The maximum absolute atomic E-state index is 12.8. The van der Waals surface area contributed by atoms with Crippen LogP contribution in [0.25, 0.3) is 17.0 Å². The number of hydrogen-bond donors (Lipinski definition) is 1. The van der Waals surface area contributed by atoms with Crippen molar-refractivity contribution < 1.29 is 19.1 Å². The van der Waals surface area contributed by atoms with Crippen LogP contribution in [0.2, 0.25) is 5.02 Å². The van der Waals surface area contributed by atoms with E-state index in [-0.39, 0.29) is 18.6 Å². The fourth-order valence-corrected chi connectivity index (χ4v) is 4.36. The van der Waals surface area contributed by atoms with Gasteiger partial charge in [-0.3, -0.25) is 9.59 Å². The van der Waals surface area contributed by atoms with Crippen LogP contribution in [0.3, 0.4) is 0 Å². The molecule has 32 heavy (non-hydrogen) atoms. The Labute approximate surface area is 190 Å². The lowest BCUT2D eigenvalue weighted by molar-refractivity contribution is -0.136. The molecule has 0 aliphatic carbocycles. The van der Waals surface area contributed by atoms with Crippen molar-refractivity contribution in [2.45, 2.75) is 6.42 Å². The molecule has 1 saturated heterocycles. The molecular weight excluding hydrogens is 430 g/mol. The Balaban J connectivity index is 1.16. The van der Waals surface area contributed by atoms with Gasteiger partial charge in [0.1, 0.15) is 0 Å². The number of benzene rings is 2. The first-order valence-electron chi connectivity index (χ1n) is 10.5. The fourth-order valence-electron chi connectivity index (χ4n) is 4.09. The highest BCUT2D eigenvalue weighted by Gasteiger charge is 2.24. The van der Waals surface area contributed by atoms with Crippen molar-refractivity contribution in [2.75, 3.05) is 33.0 Å². The van der Waals surface area contributed by atoms with E-state index < -0.39 is 0 Å². The molecule has 1 aromatic heterocycles. The van der Waals surface area contributed by atoms with Crippen molar-refractivity contribution in [3.05, 3.63) is 64.8 Å². The van der Waals surface area contributed by atoms with Gasteiger partial charge >= 0.3 is 0 Å². The molecule has 1 N–H and O–H groups in total. The van der Waals surface area contributed by atoms with E-state index in [0.717, 1.165) is 22.0 Å². The lowest BCUT2D eigenvalue weighted by Gasteiger charge is -2.34. The first-order chi connectivity index (χ1) is 15.6. The quantitative estimate of drug-likeness (QED) is 0.616. The molecule has 0 radical (unpaired) electrons. The van der Waals surface area contributed by atoms with Gasteiger partial charge in [0.25, 0.3) is 0 Å². The van der Waals surface area contributed by atoms with Crippen LogP contribution in [-0.4, -0.2) is 59.6 Å². The summed E-state index contributed by atoms with van der Waals surface area (Å²) in [5, 5.41) is 1.53. The zero-order valence-electron chi connectivity index (χ0n) is 17.3. The molecular formula is C24H22ClN3O4. The Bertz CT molecular complexity index is 1210. The molecule has 2 aliphatic heterocycles. The molecule has 2 aliphatic rings. The first kappa shape index (κ1) is 20.5. The Morgan fingerprint density at radius 1 is 1.06 bits per heavy atom. The Hall–Kier alpha value is -3.45. The topological polar surface area (TPSA) is 74.9 Å². The summed E-state index contributed by atoms with van der Waals surface area (Å²) < 4.78 is 10.7. The Kier molecular flexibility index (Phi) is 5.49. The Morgan fingerprint density at radius 2 is 1.84 bits per heavy atom. The van der Waals surface area contributed by atoms with Crippen molar-refractivity contribution in [3.8, 4) is 11.5 Å². The second kappa shape index (κ2) is 8.59. The molecule has 0 saturated carbocycles. The molecule has 3 aromatic rings. The number of fused-ring (bicyclic) bond motifs is 2. The molecule has 0 bridgehead atoms. The number of H-pyrrole nitrogens is 1. The summed E-state index contributed by atoms with van der Waals surface area (Å²) in [6.45, 7) is 2.20. The highest BCUT2D eigenvalue weighted by Crippen LogP contribution is 2.40. The summed E-state index contributed by atoms with van der Waals surface area (Å²) in [5.41, 5.74) is 2.79. The van der Waals surface area contributed by atoms with Gasteiger partial charge in [0.15, 0.2) is 11.5 Å². The van der Waals surface area contributed by atoms with Crippen molar-refractivity contribution in [3.63, 3.8) is 0 Å². The van der Waals surface area contributed by atoms with Gasteiger partial charge in [-0.25, -0.2) is 0 Å². The summed E-state index contributed by atoms with van der Waals surface area (Å²) in [6.07, 6.45) is 5.49. The first-order valence-corrected chi connectivity index (χ1v) is 10.9. The smallest absolute Gasteiger partial charge is 0.246 e. The number of rotatable bonds is 4. The van der Waals surface area contributed by atoms with Crippen molar-refractivity contribution in [1.29, 1.82) is 0 Å². The lowest BCUT2D eigenvalue weighted by atomic mass is 10.1. The largest absolute Gasteiger partial charge is 0.454 e. The highest BCUT2D eigenvalue weighted by molar-refractivity contribution is 6.32. The van der Waals surface area contributed by atoms with Gasteiger partial charge in [0.05, 0.1) is 11.4 Å². The average Bonchev–Trinajstić information content (AvgIpc) is 3.45. The van der Waals surface area contributed by atoms with E-state index in [9.17, 15) is 9.59 Å². The minimum Gasteiger partial charge on any atom is -0.454 e. The van der Waals surface area contributed by atoms with Crippen molar-refractivity contribution in [1.82, 2.24) is 14.8 Å². The maximum atomic E-state index is 12.8. The van der Waals surface area contributed by atoms with Gasteiger partial charge in [0.2, 0.25) is 18.6 Å². The Morgan fingerprint density at radius 3 is 2.69 bits per heavy atom. The number of halogens is 1. The molecule has 2 aromatic carbocycles. The van der Waals surface area contributed by atoms with Crippen molar-refractivity contribution in [2.24, 2.45) is 0 Å². The number of nitrogens with one attached hydrogen (secondary N) is 1. The fraction of sp³-hybridized carbons (Fsp3) is 0.250. The molecule has 0 unspecified atom stereocenters. The van der Waals surface area contributed by atoms with Crippen LogP contribution in [0, 0.1) is 0 Å². The number of carbonyl (C=O) groups excluding carboxylic acids is 2. The van der Waals surface area contributed by atoms with Gasteiger partial charge in [-0.2, -0.15) is 0 Å². The summed E-state index contributed by atoms with van der Waals surface area (Å²) in [4.78, 5) is 32.2. The lowest BCUT2D eigenvalue weighted by Crippen LogP contribution is -2.50. The second-order valence-corrected chi connectivity index (χ2v) is 8.22. The zero-order chi connectivity index (χ0) is 22.1. The SMILES string of the molecule is O=C(/C=C/c1cc(Cl)c2c(c1)OCO2)N1CCN(C(=O)Cc2c[nH]c3ccccc23)CC1. The summed E-state index contributed by atoms with van der Waals surface area (Å²) in [5.74, 6) is 1.09. The van der Waals surface area contributed by atoms with Crippen LogP contribution in [0.5, 0.6) is 11.5 Å². The minimum atomic E-state index is -0.0949. The molecule has 3 heterocycles. The normalized spacial score (nSPS) is 15.7. The second-order valence-electron chi connectivity index (χ2n) is 7.81. The average molecular weight is 452 g/mol. The van der Waals surface area contributed by atoms with E-state index in [1.54, 1.807) is 23.1 Å². The van der Waals surface area contributed by atoms with Crippen molar-refractivity contribution >= 4 is 40.4 Å². The van der Waals surface area contributed by atoms with Crippen LogP contribution in [0.1, 0.15) is 11.1 Å². The van der Waals surface area contributed by atoms with Crippen LogP contribution in [0.4, 0.5) is 0 Å². The number of nitrogens with zero attached hydrogens (tertiary/aromatic N) is 2. The number of para-hydroxylation sites is 1. The molecule has 8 heteroatoms. The van der Waals surface area contributed by atoms with Crippen LogP contribution in [0.15, 0.2) is 48.7 Å².